The number of likely N-dealkylation sites (N-methyl/N-ethyl adjacent to an activating group) is 1. The number of carbonyl (C=O) groups is 2. The first kappa shape index (κ1) is 21.9. The van der Waals surface area contributed by atoms with Crippen molar-refractivity contribution >= 4 is 24.2 Å². The summed E-state index contributed by atoms with van der Waals surface area (Å²) in [5, 5.41) is 18.9. The standard InChI is InChI=1S/C21H25N3O3.ClH/c1-22-19(25)11-15-5-7-16(8-6-15)17-3-2-4-18(12-17)20(26)24-14-21(27)9-10-23-13-21;/h2-8,12,23,27H,9-11,13-14H2,1H3,(H,22,25)(H,24,26);1H. The summed E-state index contributed by atoms with van der Waals surface area (Å²) in [5.74, 6) is -0.228. The highest BCUT2D eigenvalue weighted by Gasteiger charge is 2.31. The number of β-amino-alcohol motifs (C(OH)–C–C–N with tert-alkyl or cyclic N) is 1. The Balaban J connectivity index is 0.00000280. The van der Waals surface area contributed by atoms with E-state index in [9.17, 15) is 14.7 Å². The lowest BCUT2D eigenvalue weighted by atomic mass is 10.00. The molecule has 0 aromatic heterocycles. The fourth-order valence-electron chi connectivity index (χ4n) is 3.16. The topological polar surface area (TPSA) is 90.5 Å². The maximum atomic E-state index is 12.4. The van der Waals surface area contributed by atoms with Crippen molar-refractivity contribution in [3.8, 4) is 11.1 Å². The van der Waals surface area contributed by atoms with Crippen molar-refractivity contribution in [3.63, 3.8) is 0 Å². The fourth-order valence-corrected chi connectivity index (χ4v) is 3.16. The van der Waals surface area contributed by atoms with Crippen molar-refractivity contribution in [3.05, 3.63) is 59.7 Å². The number of hydrogen-bond acceptors (Lipinski definition) is 4. The number of benzene rings is 2. The highest BCUT2D eigenvalue weighted by atomic mass is 35.5. The SMILES string of the molecule is CNC(=O)Cc1ccc(-c2cccc(C(=O)NCC3(O)CCNC3)c2)cc1.Cl. The van der Waals surface area contributed by atoms with Crippen molar-refractivity contribution in [1.82, 2.24) is 16.0 Å². The third-order valence-electron chi connectivity index (χ3n) is 4.85. The van der Waals surface area contributed by atoms with Crippen LogP contribution in [-0.2, 0) is 11.2 Å². The maximum Gasteiger partial charge on any atom is 0.251 e. The lowest BCUT2D eigenvalue weighted by molar-refractivity contribution is -0.119. The first-order valence-electron chi connectivity index (χ1n) is 9.10. The molecule has 7 heteroatoms. The molecule has 0 bridgehead atoms. The van der Waals surface area contributed by atoms with Gasteiger partial charge in [0.1, 0.15) is 0 Å². The minimum atomic E-state index is -0.867. The predicted molar refractivity (Wildman–Crippen MR) is 112 cm³/mol. The van der Waals surface area contributed by atoms with Crippen molar-refractivity contribution in [2.24, 2.45) is 0 Å². The van der Waals surface area contributed by atoms with E-state index in [2.05, 4.69) is 16.0 Å². The molecule has 2 aromatic carbocycles. The van der Waals surface area contributed by atoms with E-state index in [4.69, 9.17) is 0 Å². The Hall–Kier alpha value is -2.41. The van der Waals surface area contributed by atoms with Gasteiger partial charge in [0.25, 0.3) is 5.91 Å². The number of halogens is 1. The molecule has 1 atom stereocenters. The first-order valence-corrected chi connectivity index (χ1v) is 9.10. The summed E-state index contributed by atoms with van der Waals surface area (Å²) >= 11 is 0. The van der Waals surface area contributed by atoms with Gasteiger partial charge in [0.15, 0.2) is 0 Å². The molecule has 1 aliphatic heterocycles. The predicted octanol–water partition coefficient (Wildman–Crippen LogP) is 1.52. The quantitative estimate of drug-likeness (QED) is 0.588. The molecule has 3 rings (SSSR count). The van der Waals surface area contributed by atoms with Gasteiger partial charge in [-0.3, -0.25) is 9.59 Å². The molecule has 1 unspecified atom stereocenters. The maximum absolute atomic E-state index is 12.4. The Morgan fingerprint density at radius 2 is 1.89 bits per heavy atom. The van der Waals surface area contributed by atoms with Gasteiger partial charge in [0.2, 0.25) is 5.91 Å². The summed E-state index contributed by atoms with van der Waals surface area (Å²) in [6, 6.07) is 15.1. The minimum absolute atomic E-state index is 0. The molecule has 0 saturated carbocycles. The monoisotopic (exact) mass is 403 g/mol. The zero-order valence-corrected chi connectivity index (χ0v) is 16.6. The van der Waals surface area contributed by atoms with Gasteiger partial charge in [-0.1, -0.05) is 36.4 Å². The van der Waals surface area contributed by atoms with Crippen LogP contribution in [-0.4, -0.2) is 49.2 Å². The number of hydrogen-bond donors (Lipinski definition) is 4. The molecule has 1 saturated heterocycles. The minimum Gasteiger partial charge on any atom is -0.387 e. The number of aliphatic hydroxyl groups is 1. The zero-order valence-electron chi connectivity index (χ0n) is 15.8. The van der Waals surface area contributed by atoms with E-state index in [-0.39, 0.29) is 30.8 Å². The zero-order chi connectivity index (χ0) is 19.3. The van der Waals surface area contributed by atoms with Crippen LogP contribution in [0.3, 0.4) is 0 Å². The van der Waals surface area contributed by atoms with Gasteiger partial charge in [-0.25, -0.2) is 0 Å². The van der Waals surface area contributed by atoms with Gasteiger partial charge in [0, 0.05) is 25.7 Å². The molecular weight excluding hydrogens is 378 g/mol. The van der Waals surface area contributed by atoms with Crippen molar-refractivity contribution in [2.75, 3.05) is 26.7 Å². The number of nitrogens with one attached hydrogen (secondary N) is 3. The van der Waals surface area contributed by atoms with E-state index < -0.39 is 5.60 Å². The van der Waals surface area contributed by atoms with Crippen LogP contribution in [0.5, 0.6) is 0 Å². The fraction of sp³-hybridized carbons (Fsp3) is 0.333. The largest absolute Gasteiger partial charge is 0.387 e. The Bertz CT molecular complexity index is 818. The molecule has 0 aliphatic carbocycles. The Morgan fingerprint density at radius 1 is 1.14 bits per heavy atom. The van der Waals surface area contributed by atoms with E-state index in [0.29, 0.717) is 24.9 Å². The van der Waals surface area contributed by atoms with Gasteiger partial charge in [0.05, 0.1) is 12.0 Å². The lowest BCUT2D eigenvalue weighted by Gasteiger charge is -2.21. The van der Waals surface area contributed by atoms with E-state index in [1.54, 1.807) is 13.1 Å². The van der Waals surface area contributed by atoms with Crippen LogP contribution in [0.1, 0.15) is 22.3 Å². The third-order valence-corrected chi connectivity index (χ3v) is 4.85. The molecule has 2 aromatic rings. The van der Waals surface area contributed by atoms with Crippen LogP contribution in [0.2, 0.25) is 0 Å². The average Bonchev–Trinajstić information content (AvgIpc) is 3.13. The van der Waals surface area contributed by atoms with Gasteiger partial charge in [-0.05, 0) is 41.8 Å². The van der Waals surface area contributed by atoms with Crippen LogP contribution in [0.4, 0.5) is 0 Å². The second-order valence-electron chi connectivity index (χ2n) is 6.96. The average molecular weight is 404 g/mol. The molecular formula is C21H26ClN3O3. The lowest BCUT2D eigenvalue weighted by Crippen LogP contribution is -2.44. The highest BCUT2D eigenvalue weighted by Crippen LogP contribution is 2.21. The molecule has 0 spiro atoms. The molecule has 150 valence electrons. The number of amides is 2. The van der Waals surface area contributed by atoms with Crippen LogP contribution < -0.4 is 16.0 Å². The smallest absolute Gasteiger partial charge is 0.251 e. The summed E-state index contributed by atoms with van der Waals surface area (Å²) in [6.07, 6.45) is 0.979. The second kappa shape index (κ2) is 9.68. The Morgan fingerprint density at radius 3 is 2.54 bits per heavy atom. The molecule has 6 nitrogen and oxygen atoms in total. The molecule has 28 heavy (non-hydrogen) atoms. The molecule has 2 amide bonds. The molecule has 4 N–H and O–H groups in total. The van der Waals surface area contributed by atoms with Crippen LogP contribution in [0.15, 0.2) is 48.5 Å². The molecule has 1 aliphatic rings. The van der Waals surface area contributed by atoms with Crippen molar-refractivity contribution < 1.29 is 14.7 Å². The van der Waals surface area contributed by atoms with Gasteiger partial charge >= 0.3 is 0 Å². The normalized spacial score (nSPS) is 18.2. The Labute approximate surface area is 171 Å². The molecule has 1 fully saturated rings. The number of rotatable bonds is 6. The molecule has 0 radical (unpaired) electrons. The van der Waals surface area contributed by atoms with Crippen molar-refractivity contribution in [1.29, 1.82) is 0 Å². The van der Waals surface area contributed by atoms with Gasteiger partial charge in [-0.15, -0.1) is 12.4 Å². The summed E-state index contributed by atoms with van der Waals surface area (Å²) in [6.45, 7) is 1.49. The van der Waals surface area contributed by atoms with Gasteiger partial charge in [-0.2, -0.15) is 0 Å². The summed E-state index contributed by atoms with van der Waals surface area (Å²) in [7, 11) is 1.62. The van der Waals surface area contributed by atoms with Crippen LogP contribution in [0, 0.1) is 0 Å². The third kappa shape index (κ3) is 5.55. The van der Waals surface area contributed by atoms with E-state index in [1.165, 1.54) is 0 Å². The van der Waals surface area contributed by atoms with E-state index >= 15 is 0 Å². The first-order chi connectivity index (χ1) is 13.0. The summed E-state index contributed by atoms with van der Waals surface area (Å²) in [5.41, 5.74) is 2.52. The van der Waals surface area contributed by atoms with Crippen LogP contribution in [0.25, 0.3) is 11.1 Å². The molecule has 1 heterocycles. The highest BCUT2D eigenvalue weighted by molar-refractivity contribution is 5.95. The van der Waals surface area contributed by atoms with Crippen molar-refractivity contribution in [2.45, 2.75) is 18.4 Å². The Kier molecular flexibility index (Phi) is 7.57. The number of carbonyl (C=O) groups excluding carboxylic acids is 2. The van der Waals surface area contributed by atoms with E-state index in [1.807, 2.05) is 42.5 Å². The van der Waals surface area contributed by atoms with E-state index in [0.717, 1.165) is 23.2 Å². The summed E-state index contributed by atoms with van der Waals surface area (Å²) in [4.78, 5) is 23.9. The van der Waals surface area contributed by atoms with Crippen LogP contribution >= 0.6 is 12.4 Å². The summed E-state index contributed by atoms with van der Waals surface area (Å²) < 4.78 is 0. The van der Waals surface area contributed by atoms with Gasteiger partial charge < -0.3 is 21.1 Å². The second-order valence-corrected chi connectivity index (χ2v) is 6.96.